The Hall–Kier alpha value is -2.86. The van der Waals surface area contributed by atoms with Crippen molar-refractivity contribution in [3.05, 3.63) is 49.1 Å². The van der Waals surface area contributed by atoms with Crippen LogP contribution in [-0.2, 0) is 4.74 Å². The van der Waals surface area contributed by atoms with Crippen molar-refractivity contribution in [2.75, 3.05) is 31.2 Å². The number of aromatic amines is 1. The van der Waals surface area contributed by atoms with Gasteiger partial charge < -0.3 is 14.6 Å². The smallest absolute Gasteiger partial charge is 0.180 e. The highest BCUT2D eigenvalue weighted by molar-refractivity contribution is 5.85. The van der Waals surface area contributed by atoms with Crippen LogP contribution in [0.25, 0.3) is 27.8 Å². The highest BCUT2D eigenvalue weighted by atomic mass is 16.5. The van der Waals surface area contributed by atoms with Crippen molar-refractivity contribution in [3.8, 4) is 11.3 Å². The monoisotopic (exact) mass is 319 g/mol. The van der Waals surface area contributed by atoms with E-state index in [-0.39, 0.29) is 0 Å². The Morgan fingerprint density at radius 3 is 2.92 bits per heavy atom. The molecule has 1 aliphatic rings. The Labute approximate surface area is 138 Å². The van der Waals surface area contributed by atoms with Gasteiger partial charge in [-0.15, -0.1) is 0 Å². The molecule has 24 heavy (non-hydrogen) atoms. The van der Waals surface area contributed by atoms with Crippen LogP contribution in [0.3, 0.4) is 0 Å². The van der Waals surface area contributed by atoms with Crippen LogP contribution in [0.4, 0.5) is 5.82 Å². The number of H-pyrrole nitrogens is 1. The molecule has 1 aliphatic heterocycles. The largest absolute Gasteiger partial charge is 0.378 e. The molecule has 6 heteroatoms. The summed E-state index contributed by atoms with van der Waals surface area (Å²) in [6.45, 7) is 3.18. The van der Waals surface area contributed by atoms with Gasteiger partial charge in [-0.25, -0.2) is 9.97 Å². The maximum Gasteiger partial charge on any atom is 0.180 e. The van der Waals surface area contributed by atoms with E-state index in [1.807, 2.05) is 24.8 Å². The molecule has 0 radical (unpaired) electrons. The Morgan fingerprint density at radius 1 is 1.08 bits per heavy atom. The van der Waals surface area contributed by atoms with Crippen molar-refractivity contribution < 1.29 is 4.74 Å². The molecule has 1 fully saturated rings. The minimum Gasteiger partial charge on any atom is -0.378 e. The molecular weight excluding hydrogens is 302 g/mol. The number of rotatable bonds is 2. The lowest BCUT2D eigenvalue weighted by atomic mass is 10.1. The van der Waals surface area contributed by atoms with Gasteiger partial charge in [0.05, 0.1) is 25.1 Å². The van der Waals surface area contributed by atoms with Gasteiger partial charge in [-0.05, 0) is 18.2 Å². The van der Waals surface area contributed by atoms with Crippen LogP contribution in [-0.4, -0.2) is 45.7 Å². The number of fused-ring (bicyclic) bond motifs is 2. The van der Waals surface area contributed by atoms with Crippen LogP contribution in [0, 0.1) is 0 Å². The second-order valence-electron chi connectivity index (χ2n) is 5.97. The molecule has 1 aromatic carbocycles. The van der Waals surface area contributed by atoms with Gasteiger partial charge in [0.1, 0.15) is 0 Å². The first-order chi connectivity index (χ1) is 11.9. The maximum absolute atomic E-state index is 5.44. The third kappa shape index (κ3) is 2.07. The van der Waals surface area contributed by atoms with Crippen LogP contribution in [0.5, 0.6) is 0 Å². The van der Waals surface area contributed by atoms with Crippen LogP contribution in [0.2, 0.25) is 0 Å². The number of imidazole rings is 1. The molecular formula is C18H17N5O. The van der Waals surface area contributed by atoms with Gasteiger partial charge in [0.2, 0.25) is 0 Å². The summed E-state index contributed by atoms with van der Waals surface area (Å²) < 4.78 is 7.56. The van der Waals surface area contributed by atoms with Crippen LogP contribution >= 0.6 is 0 Å². The Morgan fingerprint density at radius 2 is 2.00 bits per heavy atom. The molecule has 6 nitrogen and oxygen atoms in total. The SMILES string of the molecule is c1cn2c(-c3ccc4[nH]ccc4c3)cnc2c(N2CCOCC2)n1. The molecule has 120 valence electrons. The molecule has 0 aliphatic carbocycles. The molecule has 0 saturated carbocycles. The topological polar surface area (TPSA) is 58.5 Å². The van der Waals surface area contributed by atoms with Crippen molar-refractivity contribution in [1.29, 1.82) is 0 Å². The Kier molecular flexibility index (Phi) is 3.02. The van der Waals surface area contributed by atoms with Crippen molar-refractivity contribution in [3.63, 3.8) is 0 Å². The average Bonchev–Trinajstić information content (AvgIpc) is 3.28. The van der Waals surface area contributed by atoms with E-state index in [0.717, 1.165) is 54.5 Å². The minimum absolute atomic E-state index is 0.737. The lowest BCUT2D eigenvalue weighted by molar-refractivity contribution is 0.122. The second kappa shape index (κ2) is 5.35. The average molecular weight is 319 g/mol. The summed E-state index contributed by atoms with van der Waals surface area (Å²) >= 11 is 0. The van der Waals surface area contributed by atoms with Gasteiger partial charge >= 0.3 is 0 Å². The highest BCUT2D eigenvalue weighted by Crippen LogP contribution is 2.27. The number of hydrogen-bond donors (Lipinski definition) is 1. The first kappa shape index (κ1) is 13.6. The third-order valence-corrected chi connectivity index (χ3v) is 4.57. The van der Waals surface area contributed by atoms with Gasteiger partial charge in [0, 0.05) is 48.1 Å². The standard InChI is InChI=1S/C18H17N5O/c1-2-15-13(3-4-19-15)11-14(1)16-12-21-18-17(20-5-6-23(16)18)22-7-9-24-10-8-22/h1-6,11-12,19H,7-10H2. The molecule has 0 amide bonds. The van der Waals surface area contributed by atoms with Crippen LogP contribution in [0.1, 0.15) is 0 Å². The summed E-state index contributed by atoms with van der Waals surface area (Å²) in [5.41, 5.74) is 4.26. The fourth-order valence-corrected chi connectivity index (χ4v) is 3.33. The van der Waals surface area contributed by atoms with Gasteiger partial charge in [0.25, 0.3) is 0 Å². The minimum atomic E-state index is 0.737. The molecule has 0 spiro atoms. The summed E-state index contributed by atoms with van der Waals surface area (Å²) in [5.74, 6) is 0.926. The van der Waals surface area contributed by atoms with Crippen molar-refractivity contribution in [1.82, 2.24) is 19.4 Å². The number of hydrogen-bond acceptors (Lipinski definition) is 4. The number of morpholine rings is 1. The predicted octanol–water partition coefficient (Wildman–Crippen LogP) is 2.71. The predicted molar refractivity (Wildman–Crippen MR) is 93.3 cm³/mol. The van der Waals surface area contributed by atoms with Crippen molar-refractivity contribution in [2.24, 2.45) is 0 Å². The quantitative estimate of drug-likeness (QED) is 0.617. The maximum atomic E-state index is 5.44. The Bertz CT molecular complexity index is 1010. The fraction of sp³-hybridized carbons (Fsp3) is 0.222. The van der Waals surface area contributed by atoms with E-state index < -0.39 is 0 Å². The summed E-state index contributed by atoms with van der Waals surface area (Å²) in [5, 5.41) is 1.20. The van der Waals surface area contributed by atoms with Gasteiger partial charge in [-0.1, -0.05) is 6.07 Å². The van der Waals surface area contributed by atoms with E-state index in [9.17, 15) is 0 Å². The number of nitrogens with one attached hydrogen (secondary N) is 1. The normalized spacial score (nSPS) is 15.4. The van der Waals surface area contributed by atoms with Gasteiger partial charge in [0.15, 0.2) is 11.5 Å². The Balaban J connectivity index is 1.64. The van der Waals surface area contributed by atoms with E-state index in [4.69, 9.17) is 4.74 Å². The lowest BCUT2D eigenvalue weighted by Crippen LogP contribution is -2.37. The molecule has 3 aromatic heterocycles. The number of ether oxygens (including phenoxy) is 1. The molecule has 0 atom stereocenters. The summed E-state index contributed by atoms with van der Waals surface area (Å²) in [7, 11) is 0. The molecule has 1 N–H and O–H groups in total. The highest BCUT2D eigenvalue weighted by Gasteiger charge is 2.18. The number of anilines is 1. The second-order valence-corrected chi connectivity index (χ2v) is 5.97. The van der Waals surface area contributed by atoms with E-state index in [2.05, 4.69) is 48.5 Å². The molecule has 4 aromatic rings. The van der Waals surface area contributed by atoms with Crippen LogP contribution in [0.15, 0.2) is 49.1 Å². The zero-order valence-electron chi connectivity index (χ0n) is 13.1. The van der Waals surface area contributed by atoms with E-state index in [1.54, 1.807) is 0 Å². The van der Waals surface area contributed by atoms with E-state index in [1.165, 1.54) is 5.39 Å². The van der Waals surface area contributed by atoms with E-state index >= 15 is 0 Å². The first-order valence-electron chi connectivity index (χ1n) is 8.12. The van der Waals surface area contributed by atoms with Crippen molar-refractivity contribution >= 4 is 22.4 Å². The summed E-state index contributed by atoms with van der Waals surface area (Å²) in [6.07, 6.45) is 7.71. The van der Waals surface area contributed by atoms with Gasteiger partial charge in [-0.2, -0.15) is 0 Å². The van der Waals surface area contributed by atoms with Crippen molar-refractivity contribution in [2.45, 2.75) is 0 Å². The first-order valence-corrected chi connectivity index (χ1v) is 8.12. The number of benzene rings is 1. The lowest BCUT2D eigenvalue weighted by Gasteiger charge is -2.27. The number of aromatic nitrogens is 4. The summed E-state index contributed by atoms with van der Waals surface area (Å²) in [4.78, 5) is 14.7. The van der Waals surface area contributed by atoms with Gasteiger partial charge in [-0.3, -0.25) is 4.40 Å². The molecule has 0 bridgehead atoms. The molecule has 5 rings (SSSR count). The zero-order valence-corrected chi connectivity index (χ0v) is 13.1. The molecule has 0 unspecified atom stereocenters. The number of nitrogens with zero attached hydrogens (tertiary/aromatic N) is 4. The zero-order chi connectivity index (χ0) is 15.9. The van der Waals surface area contributed by atoms with E-state index in [0.29, 0.717) is 0 Å². The molecule has 4 heterocycles. The molecule has 1 saturated heterocycles. The summed E-state index contributed by atoms with van der Waals surface area (Å²) in [6, 6.07) is 8.50. The van der Waals surface area contributed by atoms with Crippen LogP contribution < -0.4 is 4.90 Å². The fourth-order valence-electron chi connectivity index (χ4n) is 3.33. The third-order valence-electron chi connectivity index (χ3n) is 4.57.